The van der Waals surface area contributed by atoms with E-state index in [9.17, 15) is 8.42 Å². The van der Waals surface area contributed by atoms with E-state index in [0.29, 0.717) is 12.3 Å². The predicted octanol–water partition coefficient (Wildman–Crippen LogP) is 2.29. The quantitative estimate of drug-likeness (QED) is 0.796. The third kappa shape index (κ3) is 3.90. The van der Waals surface area contributed by atoms with Crippen LogP contribution in [0.3, 0.4) is 0 Å². The van der Waals surface area contributed by atoms with Crippen molar-refractivity contribution in [3.63, 3.8) is 0 Å². The van der Waals surface area contributed by atoms with Crippen molar-refractivity contribution >= 4 is 21.8 Å². The Labute approximate surface area is 149 Å². The summed E-state index contributed by atoms with van der Waals surface area (Å²) < 4.78 is 33.7. The molecule has 5 nitrogen and oxygen atoms in total. The summed E-state index contributed by atoms with van der Waals surface area (Å²) in [4.78, 5) is 2.69. The van der Waals surface area contributed by atoms with Gasteiger partial charge >= 0.3 is 0 Å². The maximum Gasteiger partial charge on any atom is 0.247 e. The number of methoxy groups -OCH3 is 1. The van der Waals surface area contributed by atoms with Crippen LogP contribution in [0.1, 0.15) is 19.3 Å². The van der Waals surface area contributed by atoms with E-state index < -0.39 is 10.0 Å². The standard InChI is InChI=1S/C17H26N2O3S2/c1-22-16-7-2-3-8-17(16)24(20,21)19-11-6-12-23-14-15(19)13-18-9-4-5-10-18/h2-3,7-8,15H,4-6,9-14H2,1H3. The molecule has 2 fully saturated rings. The molecule has 0 amide bonds. The molecule has 134 valence electrons. The van der Waals surface area contributed by atoms with Gasteiger partial charge in [0.15, 0.2) is 0 Å². The molecule has 3 rings (SSSR count). The van der Waals surface area contributed by atoms with Crippen molar-refractivity contribution in [2.24, 2.45) is 0 Å². The molecule has 2 saturated heterocycles. The zero-order chi connectivity index (χ0) is 17.0. The fourth-order valence-electron chi connectivity index (χ4n) is 3.49. The van der Waals surface area contributed by atoms with Crippen LogP contribution in [0.5, 0.6) is 5.75 Å². The number of para-hydroxylation sites is 1. The first-order valence-electron chi connectivity index (χ1n) is 8.58. The summed E-state index contributed by atoms with van der Waals surface area (Å²) in [6.07, 6.45) is 3.34. The molecule has 2 aliphatic rings. The maximum atomic E-state index is 13.3. The average Bonchev–Trinajstić information content (AvgIpc) is 2.98. The molecule has 1 aromatic carbocycles. The van der Waals surface area contributed by atoms with Gasteiger partial charge in [0.1, 0.15) is 10.6 Å². The van der Waals surface area contributed by atoms with Gasteiger partial charge in [-0.05, 0) is 50.2 Å². The Morgan fingerprint density at radius 2 is 1.92 bits per heavy atom. The second-order valence-electron chi connectivity index (χ2n) is 6.36. The molecule has 7 heteroatoms. The molecule has 0 radical (unpaired) electrons. The molecule has 24 heavy (non-hydrogen) atoms. The van der Waals surface area contributed by atoms with Crippen molar-refractivity contribution in [2.75, 3.05) is 44.8 Å². The van der Waals surface area contributed by atoms with Gasteiger partial charge in [-0.1, -0.05) is 12.1 Å². The molecule has 0 spiro atoms. The van der Waals surface area contributed by atoms with Crippen molar-refractivity contribution in [3.8, 4) is 5.75 Å². The number of ether oxygens (including phenoxy) is 1. The fourth-order valence-corrected chi connectivity index (χ4v) is 6.45. The number of likely N-dealkylation sites (tertiary alicyclic amines) is 1. The summed E-state index contributed by atoms with van der Waals surface area (Å²) >= 11 is 1.87. The lowest BCUT2D eigenvalue weighted by atomic mass is 10.3. The number of hydrogen-bond donors (Lipinski definition) is 0. The van der Waals surface area contributed by atoms with E-state index >= 15 is 0 Å². The van der Waals surface area contributed by atoms with Gasteiger partial charge in [-0.25, -0.2) is 8.42 Å². The van der Waals surface area contributed by atoms with Crippen LogP contribution in [0.25, 0.3) is 0 Å². The van der Waals surface area contributed by atoms with Gasteiger partial charge in [0.05, 0.1) is 7.11 Å². The largest absolute Gasteiger partial charge is 0.495 e. The summed E-state index contributed by atoms with van der Waals surface area (Å²) in [5.41, 5.74) is 0. The van der Waals surface area contributed by atoms with Gasteiger partial charge in [-0.2, -0.15) is 16.1 Å². The van der Waals surface area contributed by atoms with Gasteiger partial charge in [0, 0.05) is 24.9 Å². The summed E-state index contributed by atoms with van der Waals surface area (Å²) in [5.74, 6) is 2.31. The normalized spacial score (nSPS) is 24.0. The summed E-state index contributed by atoms with van der Waals surface area (Å²) in [6.45, 7) is 3.60. The summed E-state index contributed by atoms with van der Waals surface area (Å²) in [7, 11) is -2.03. The highest BCUT2D eigenvalue weighted by Crippen LogP contribution is 2.30. The molecule has 0 aromatic heterocycles. The molecule has 0 aliphatic carbocycles. The lowest BCUT2D eigenvalue weighted by Gasteiger charge is -2.32. The Kier molecular flexibility index (Phi) is 6.07. The average molecular weight is 371 g/mol. The number of rotatable bonds is 5. The van der Waals surface area contributed by atoms with E-state index in [-0.39, 0.29) is 10.9 Å². The molecular formula is C17H26N2O3S2. The summed E-state index contributed by atoms with van der Waals surface area (Å²) in [5, 5.41) is 0. The first-order valence-corrected chi connectivity index (χ1v) is 11.2. The minimum atomic E-state index is -3.55. The second-order valence-corrected chi connectivity index (χ2v) is 9.37. The molecule has 0 bridgehead atoms. The molecule has 0 saturated carbocycles. The number of nitrogens with zero attached hydrogens (tertiary/aromatic N) is 2. The molecule has 1 unspecified atom stereocenters. The third-order valence-electron chi connectivity index (χ3n) is 4.71. The minimum Gasteiger partial charge on any atom is -0.495 e. The van der Waals surface area contributed by atoms with Crippen LogP contribution < -0.4 is 4.74 Å². The van der Waals surface area contributed by atoms with Crippen molar-refractivity contribution < 1.29 is 13.2 Å². The number of sulfonamides is 1. The zero-order valence-electron chi connectivity index (χ0n) is 14.2. The Morgan fingerprint density at radius 1 is 1.17 bits per heavy atom. The van der Waals surface area contributed by atoms with Crippen LogP contribution in [0.2, 0.25) is 0 Å². The first kappa shape index (κ1) is 18.0. The van der Waals surface area contributed by atoms with Gasteiger partial charge in [0.2, 0.25) is 10.0 Å². The van der Waals surface area contributed by atoms with Crippen LogP contribution >= 0.6 is 11.8 Å². The molecule has 2 aliphatic heterocycles. The van der Waals surface area contributed by atoms with E-state index in [1.54, 1.807) is 28.6 Å². The molecular weight excluding hydrogens is 344 g/mol. The summed E-state index contributed by atoms with van der Waals surface area (Å²) in [6, 6.07) is 6.97. The van der Waals surface area contributed by atoms with Crippen LogP contribution in [0.15, 0.2) is 29.2 Å². The lowest BCUT2D eigenvalue weighted by Crippen LogP contribution is -2.47. The smallest absolute Gasteiger partial charge is 0.247 e. The molecule has 1 aromatic rings. The second kappa shape index (κ2) is 8.08. The number of hydrogen-bond acceptors (Lipinski definition) is 5. The number of thioether (sulfide) groups is 1. The maximum absolute atomic E-state index is 13.3. The van der Waals surface area contributed by atoms with Crippen molar-refractivity contribution in [2.45, 2.75) is 30.2 Å². The molecule has 1 atom stereocenters. The lowest BCUT2D eigenvalue weighted by molar-refractivity contribution is 0.243. The monoisotopic (exact) mass is 370 g/mol. The van der Waals surface area contributed by atoms with E-state index in [4.69, 9.17) is 4.74 Å². The van der Waals surface area contributed by atoms with E-state index in [1.807, 2.05) is 11.8 Å². The SMILES string of the molecule is COc1ccccc1S(=O)(=O)N1CCCSCC1CN1CCCC1. The zero-order valence-corrected chi connectivity index (χ0v) is 15.8. The van der Waals surface area contributed by atoms with Crippen molar-refractivity contribution in [1.29, 1.82) is 0 Å². The Hall–Kier alpha value is -0.760. The number of benzene rings is 1. The van der Waals surface area contributed by atoms with E-state index in [2.05, 4.69) is 4.90 Å². The predicted molar refractivity (Wildman–Crippen MR) is 98.3 cm³/mol. The Balaban J connectivity index is 1.89. The minimum absolute atomic E-state index is 0.0329. The van der Waals surface area contributed by atoms with E-state index in [1.165, 1.54) is 20.0 Å². The third-order valence-corrected chi connectivity index (χ3v) is 7.90. The van der Waals surface area contributed by atoms with Crippen molar-refractivity contribution in [3.05, 3.63) is 24.3 Å². The highest BCUT2D eigenvalue weighted by Gasteiger charge is 2.35. The van der Waals surface area contributed by atoms with Crippen LogP contribution in [0.4, 0.5) is 0 Å². The van der Waals surface area contributed by atoms with Crippen LogP contribution in [-0.4, -0.2) is 68.5 Å². The fraction of sp³-hybridized carbons (Fsp3) is 0.647. The highest BCUT2D eigenvalue weighted by atomic mass is 32.2. The van der Waals surface area contributed by atoms with E-state index in [0.717, 1.165) is 37.6 Å². The molecule has 2 heterocycles. The van der Waals surface area contributed by atoms with Gasteiger partial charge in [0.25, 0.3) is 0 Å². The van der Waals surface area contributed by atoms with Gasteiger partial charge in [-0.3, -0.25) is 0 Å². The highest BCUT2D eigenvalue weighted by molar-refractivity contribution is 7.99. The van der Waals surface area contributed by atoms with Crippen molar-refractivity contribution in [1.82, 2.24) is 9.21 Å². The van der Waals surface area contributed by atoms with Gasteiger partial charge in [-0.15, -0.1) is 0 Å². The molecule has 0 N–H and O–H groups in total. The Bertz CT molecular complexity index is 645. The topological polar surface area (TPSA) is 49.9 Å². The van der Waals surface area contributed by atoms with Crippen LogP contribution in [-0.2, 0) is 10.0 Å². The van der Waals surface area contributed by atoms with Crippen LogP contribution in [0, 0.1) is 0 Å². The Morgan fingerprint density at radius 3 is 2.67 bits per heavy atom. The van der Waals surface area contributed by atoms with Gasteiger partial charge < -0.3 is 9.64 Å². The first-order chi connectivity index (χ1) is 11.6.